The van der Waals surface area contributed by atoms with Gasteiger partial charge in [0.25, 0.3) is 6.02 Å². The van der Waals surface area contributed by atoms with Crippen molar-refractivity contribution in [2.45, 2.75) is 24.5 Å². The van der Waals surface area contributed by atoms with Crippen LogP contribution in [0.3, 0.4) is 0 Å². The molecule has 2 aromatic carbocycles. The molecule has 0 saturated carbocycles. The van der Waals surface area contributed by atoms with Crippen molar-refractivity contribution >= 4 is 6.02 Å². The highest BCUT2D eigenvalue weighted by atomic mass is 19.1. The van der Waals surface area contributed by atoms with E-state index in [-0.39, 0.29) is 24.1 Å². The van der Waals surface area contributed by atoms with Crippen molar-refractivity contribution in [1.82, 2.24) is 9.80 Å². The van der Waals surface area contributed by atoms with Crippen molar-refractivity contribution in [3.63, 3.8) is 0 Å². The van der Waals surface area contributed by atoms with E-state index in [1.54, 1.807) is 0 Å². The van der Waals surface area contributed by atoms with Crippen LogP contribution in [0.2, 0.25) is 0 Å². The minimum absolute atomic E-state index is 0.0376. The van der Waals surface area contributed by atoms with Gasteiger partial charge >= 0.3 is 0 Å². The Morgan fingerprint density at radius 2 is 1.97 bits per heavy atom. The van der Waals surface area contributed by atoms with E-state index in [4.69, 9.17) is 9.73 Å². The summed E-state index contributed by atoms with van der Waals surface area (Å²) in [4.78, 5) is 9.29. The zero-order valence-corrected chi connectivity index (χ0v) is 16.4. The summed E-state index contributed by atoms with van der Waals surface area (Å²) >= 11 is 0. The molecule has 0 aliphatic carbocycles. The number of aliphatic hydroxyl groups excluding tert-OH is 1. The molecule has 2 atom stereocenters. The van der Waals surface area contributed by atoms with Crippen LogP contribution in [0.4, 0.5) is 4.39 Å². The van der Waals surface area contributed by atoms with Gasteiger partial charge in [-0.05, 0) is 35.2 Å². The fourth-order valence-electron chi connectivity index (χ4n) is 4.87. The Bertz CT molecular complexity index is 917. The van der Waals surface area contributed by atoms with Crippen LogP contribution in [0.25, 0.3) is 0 Å². The van der Waals surface area contributed by atoms with Crippen LogP contribution < -0.4 is 0 Å². The highest BCUT2D eigenvalue weighted by Crippen LogP contribution is 2.38. The maximum atomic E-state index is 13.6. The lowest BCUT2D eigenvalue weighted by Crippen LogP contribution is -2.44. The van der Waals surface area contributed by atoms with Gasteiger partial charge in [-0.25, -0.2) is 9.38 Å². The number of amidine groups is 1. The number of likely N-dealkylation sites (tertiary alicyclic amines) is 1. The lowest BCUT2D eigenvalue weighted by molar-refractivity contribution is 0.0678. The Morgan fingerprint density at radius 1 is 1.14 bits per heavy atom. The summed E-state index contributed by atoms with van der Waals surface area (Å²) in [5.41, 5.74) is 3.31. The first-order valence-electron chi connectivity index (χ1n) is 10.3. The molecule has 152 valence electrons. The normalized spacial score (nSPS) is 26.5. The Balaban J connectivity index is 1.44. The van der Waals surface area contributed by atoms with E-state index in [1.807, 2.05) is 12.1 Å². The van der Waals surface area contributed by atoms with E-state index in [0.717, 1.165) is 38.0 Å². The zero-order chi connectivity index (χ0) is 19.8. The number of fused-ring (bicyclic) bond motifs is 1. The summed E-state index contributed by atoms with van der Waals surface area (Å²) in [5, 5.41) is 9.24. The fraction of sp³-hybridized carbons (Fsp3) is 0.435. The molecule has 5 nitrogen and oxygen atoms in total. The summed E-state index contributed by atoms with van der Waals surface area (Å²) in [6, 6.07) is 15.9. The predicted molar refractivity (Wildman–Crippen MR) is 109 cm³/mol. The Labute approximate surface area is 170 Å². The molecule has 3 aliphatic rings. The number of halogens is 1. The molecule has 3 heterocycles. The van der Waals surface area contributed by atoms with Crippen LogP contribution in [0.15, 0.2) is 53.5 Å². The maximum absolute atomic E-state index is 13.6. The van der Waals surface area contributed by atoms with Crippen molar-refractivity contribution in [2.75, 3.05) is 39.3 Å². The molecule has 0 aromatic heterocycles. The molecule has 1 fully saturated rings. The van der Waals surface area contributed by atoms with Gasteiger partial charge in [-0.15, -0.1) is 0 Å². The number of hydrogen-bond donors (Lipinski definition) is 1. The van der Waals surface area contributed by atoms with E-state index in [0.29, 0.717) is 19.1 Å². The number of rotatable bonds is 3. The number of β-amino-alcohol motifs (C(OH)–C–C–N with tert-alkyl or cyclic N) is 1. The van der Waals surface area contributed by atoms with Gasteiger partial charge in [0, 0.05) is 32.6 Å². The molecule has 1 N–H and O–H groups in total. The fourth-order valence-corrected chi connectivity index (χ4v) is 4.87. The molecule has 0 unspecified atom stereocenters. The Hall–Kier alpha value is -2.44. The van der Waals surface area contributed by atoms with Crippen LogP contribution in [0, 0.1) is 5.82 Å². The minimum Gasteiger partial charge on any atom is -0.455 e. The molecule has 3 aliphatic heterocycles. The summed E-state index contributed by atoms with van der Waals surface area (Å²) in [6.07, 6.45) is 1.85. The van der Waals surface area contributed by atoms with Crippen LogP contribution in [-0.2, 0) is 11.2 Å². The summed E-state index contributed by atoms with van der Waals surface area (Å²) in [5.74, 6) is -0.229. The Kier molecular flexibility index (Phi) is 4.76. The number of hydrogen-bond acceptors (Lipinski definition) is 5. The minimum atomic E-state index is -0.283. The molecule has 1 saturated heterocycles. The Morgan fingerprint density at radius 3 is 2.79 bits per heavy atom. The number of nitrogens with zero attached hydrogens (tertiary/aromatic N) is 3. The monoisotopic (exact) mass is 395 g/mol. The van der Waals surface area contributed by atoms with Crippen LogP contribution >= 0.6 is 0 Å². The van der Waals surface area contributed by atoms with E-state index in [2.05, 4.69) is 34.1 Å². The number of aliphatic hydroxyl groups is 1. The van der Waals surface area contributed by atoms with Gasteiger partial charge in [-0.2, -0.15) is 0 Å². The largest absolute Gasteiger partial charge is 0.455 e. The van der Waals surface area contributed by atoms with E-state index < -0.39 is 0 Å². The third-order valence-corrected chi connectivity index (χ3v) is 6.34. The second-order valence-corrected chi connectivity index (χ2v) is 8.23. The van der Waals surface area contributed by atoms with Crippen LogP contribution in [0.1, 0.15) is 29.2 Å². The van der Waals surface area contributed by atoms with Crippen molar-refractivity contribution in [1.29, 1.82) is 0 Å². The smallest absolute Gasteiger partial charge is 0.288 e. The topological polar surface area (TPSA) is 48.3 Å². The third kappa shape index (κ3) is 3.40. The second-order valence-electron chi connectivity index (χ2n) is 8.23. The van der Waals surface area contributed by atoms with E-state index in [1.165, 1.54) is 23.3 Å². The second kappa shape index (κ2) is 7.43. The maximum Gasteiger partial charge on any atom is 0.288 e. The van der Waals surface area contributed by atoms with Crippen molar-refractivity contribution in [3.05, 3.63) is 71.0 Å². The molecule has 0 amide bonds. The van der Waals surface area contributed by atoms with Crippen LogP contribution in [-0.4, -0.2) is 65.9 Å². The van der Waals surface area contributed by atoms with Gasteiger partial charge in [-0.3, -0.25) is 4.90 Å². The summed E-state index contributed by atoms with van der Waals surface area (Å²) in [7, 11) is 0. The van der Waals surface area contributed by atoms with Crippen molar-refractivity contribution < 1.29 is 14.2 Å². The molecule has 29 heavy (non-hydrogen) atoms. The first kappa shape index (κ1) is 18.6. The predicted octanol–water partition coefficient (Wildman–Crippen LogP) is 2.60. The third-order valence-electron chi connectivity index (χ3n) is 6.34. The summed E-state index contributed by atoms with van der Waals surface area (Å²) in [6.45, 7) is 4.03. The summed E-state index contributed by atoms with van der Waals surface area (Å²) < 4.78 is 20.1. The SMILES string of the molecule is OCCN1CC[C@@]2(CN=C(N3CCc4ccccc4[C@@H]3c3ccc(F)cc3)O2)C1. The highest BCUT2D eigenvalue weighted by Gasteiger charge is 2.46. The number of benzene rings is 2. The van der Waals surface area contributed by atoms with E-state index in [9.17, 15) is 9.50 Å². The zero-order valence-electron chi connectivity index (χ0n) is 16.4. The standard InChI is InChI=1S/C23H26FN3O2/c24-19-7-5-18(6-8-19)21-20-4-2-1-3-17(20)9-11-27(21)22-25-15-23(29-22)10-12-26(16-23)13-14-28/h1-8,21,28H,9-16H2/t21-,23+/m0/s1. The van der Waals surface area contributed by atoms with Gasteiger partial charge < -0.3 is 14.7 Å². The van der Waals surface area contributed by atoms with Crippen molar-refractivity contribution in [2.24, 2.45) is 4.99 Å². The van der Waals surface area contributed by atoms with E-state index >= 15 is 0 Å². The molecule has 0 radical (unpaired) electrons. The average molecular weight is 395 g/mol. The quantitative estimate of drug-likeness (QED) is 0.868. The molecule has 0 bridgehead atoms. The molecule has 2 aromatic rings. The van der Waals surface area contributed by atoms with Gasteiger partial charge in [0.2, 0.25) is 0 Å². The lowest BCUT2D eigenvalue weighted by Gasteiger charge is -2.39. The van der Waals surface area contributed by atoms with Crippen molar-refractivity contribution in [3.8, 4) is 0 Å². The van der Waals surface area contributed by atoms with Gasteiger partial charge in [0.05, 0.1) is 19.2 Å². The highest BCUT2D eigenvalue weighted by molar-refractivity contribution is 5.78. The lowest BCUT2D eigenvalue weighted by atomic mass is 9.88. The number of aliphatic imine (C=N–C) groups is 1. The molecule has 1 spiro atoms. The van der Waals surface area contributed by atoms with Gasteiger partial charge in [0.15, 0.2) is 0 Å². The average Bonchev–Trinajstić information content (AvgIpc) is 3.34. The van der Waals surface area contributed by atoms with Gasteiger partial charge in [-0.1, -0.05) is 36.4 Å². The molecular formula is C23H26FN3O2. The first-order valence-corrected chi connectivity index (χ1v) is 10.3. The first-order chi connectivity index (χ1) is 14.2. The van der Waals surface area contributed by atoms with Crippen LogP contribution in [0.5, 0.6) is 0 Å². The molecule has 6 heteroatoms. The number of ether oxygens (including phenoxy) is 1. The molecule has 5 rings (SSSR count). The molecular weight excluding hydrogens is 369 g/mol. The van der Waals surface area contributed by atoms with Gasteiger partial charge in [0.1, 0.15) is 11.4 Å².